The summed E-state index contributed by atoms with van der Waals surface area (Å²) in [4.78, 5) is 15.6. The molecular formula is C10H15N3O2S. The highest BCUT2D eigenvalue weighted by atomic mass is 32.2. The Bertz CT molecular complexity index is 409. The van der Waals surface area contributed by atoms with Crippen molar-refractivity contribution >= 4 is 22.5 Å². The van der Waals surface area contributed by atoms with E-state index in [4.69, 9.17) is 5.73 Å². The van der Waals surface area contributed by atoms with Crippen LogP contribution in [0.5, 0.6) is 0 Å². The summed E-state index contributed by atoms with van der Waals surface area (Å²) in [6, 6.07) is 3.10. The summed E-state index contributed by atoms with van der Waals surface area (Å²) >= 11 is 0. The molecule has 88 valence electrons. The molecule has 6 heteroatoms. The van der Waals surface area contributed by atoms with Gasteiger partial charge in [0, 0.05) is 35.0 Å². The summed E-state index contributed by atoms with van der Waals surface area (Å²) in [6.07, 6.45) is 3.12. The predicted octanol–water partition coefficient (Wildman–Crippen LogP) is 0.161. The van der Waals surface area contributed by atoms with Crippen molar-refractivity contribution in [3.05, 3.63) is 23.9 Å². The number of carbonyl (C=O) groups is 1. The fourth-order valence-electron chi connectivity index (χ4n) is 1.30. The highest BCUT2D eigenvalue weighted by Gasteiger charge is 2.13. The minimum absolute atomic E-state index is 0.155. The Morgan fingerprint density at radius 3 is 2.94 bits per heavy atom. The third-order valence-electron chi connectivity index (χ3n) is 1.95. The van der Waals surface area contributed by atoms with Gasteiger partial charge in [-0.3, -0.25) is 9.00 Å². The number of aromatic nitrogens is 1. The molecule has 0 aliphatic heterocycles. The Kier molecular flexibility index (Phi) is 4.42. The first-order chi connectivity index (χ1) is 7.50. The first kappa shape index (κ1) is 12.6. The lowest BCUT2D eigenvalue weighted by Gasteiger charge is -2.12. The van der Waals surface area contributed by atoms with Crippen LogP contribution in [-0.2, 0) is 10.8 Å². The maximum Gasteiger partial charge on any atom is 0.255 e. The van der Waals surface area contributed by atoms with Gasteiger partial charge >= 0.3 is 0 Å². The number of pyridine rings is 1. The Hall–Kier alpha value is -1.43. The molecule has 0 saturated heterocycles. The summed E-state index contributed by atoms with van der Waals surface area (Å²) in [7, 11) is -0.935. The lowest BCUT2D eigenvalue weighted by Crippen LogP contribution is -2.36. The van der Waals surface area contributed by atoms with Gasteiger partial charge in [0.05, 0.1) is 5.56 Å². The van der Waals surface area contributed by atoms with Gasteiger partial charge in [0.1, 0.15) is 5.82 Å². The van der Waals surface area contributed by atoms with Gasteiger partial charge in [0.15, 0.2) is 0 Å². The minimum atomic E-state index is -0.935. The van der Waals surface area contributed by atoms with Gasteiger partial charge in [-0.05, 0) is 19.1 Å². The van der Waals surface area contributed by atoms with E-state index in [-0.39, 0.29) is 17.8 Å². The van der Waals surface area contributed by atoms with E-state index in [9.17, 15) is 9.00 Å². The topological polar surface area (TPSA) is 85.1 Å². The van der Waals surface area contributed by atoms with E-state index in [1.165, 1.54) is 6.20 Å². The summed E-state index contributed by atoms with van der Waals surface area (Å²) in [5.41, 5.74) is 5.91. The van der Waals surface area contributed by atoms with Crippen LogP contribution in [-0.4, -0.2) is 33.2 Å². The normalized spacial score (nSPS) is 14.1. The van der Waals surface area contributed by atoms with Crippen molar-refractivity contribution in [2.75, 3.05) is 17.7 Å². The number of nitrogens with two attached hydrogens (primary N) is 1. The van der Waals surface area contributed by atoms with Crippen molar-refractivity contribution in [2.45, 2.75) is 13.0 Å². The van der Waals surface area contributed by atoms with Crippen LogP contribution in [0.2, 0.25) is 0 Å². The van der Waals surface area contributed by atoms with E-state index in [0.717, 1.165) is 0 Å². The van der Waals surface area contributed by atoms with Crippen LogP contribution in [0.15, 0.2) is 18.3 Å². The summed E-state index contributed by atoms with van der Waals surface area (Å²) in [5.74, 6) is 0.333. The number of anilines is 1. The maximum atomic E-state index is 11.7. The largest absolute Gasteiger partial charge is 0.383 e. The molecule has 0 spiro atoms. The van der Waals surface area contributed by atoms with Crippen LogP contribution in [0.3, 0.4) is 0 Å². The molecule has 1 amide bonds. The van der Waals surface area contributed by atoms with E-state index in [1.807, 2.05) is 0 Å². The van der Waals surface area contributed by atoms with E-state index in [2.05, 4.69) is 10.3 Å². The molecule has 0 fully saturated rings. The molecule has 5 nitrogen and oxygen atoms in total. The number of hydrogen-bond acceptors (Lipinski definition) is 4. The molecule has 0 aromatic carbocycles. The molecule has 3 N–H and O–H groups in total. The second-order valence-corrected chi connectivity index (χ2v) is 5.03. The van der Waals surface area contributed by atoms with Crippen LogP contribution in [0, 0.1) is 0 Å². The fraction of sp³-hybridized carbons (Fsp3) is 0.400. The van der Waals surface area contributed by atoms with Crippen molar-refractivity contribution in [1.82, 2.24) is 10.3 Å². The third-order valence-corrected chi connectivity index (χ3v) is 2.91. The zero-order chi connectivity index (χ0) is 12.1. The molecule has 16 heavy (non-hydrogen) atoms. The number of nitrogens with zero attached hydrogens (tertiary/aromatic N) is 1. The number of nitrogen functional groups attached to an aromatic ring is 1. The van der Waals surface area contributed by atoms with E-state index >= 15 is 0 Å². The molecule has 2 atom stereocenters. The van der Waals surface area contributed by atoms with Crippen molar-refractivity contribution in [3.8, 4) is 0 Å². The van der Waals surface area contributed by atoms with E-state index in [0.29, 0.717) is 11.3 Å². The molecule has 0 aliphatic rings. The lowest BCUT2D eigenvalue weighted by atomic mass is 10.2. The Labute approximate surface area is 96.9 Å². The van der Waals surface area contributed by atoms with Crippen LogP contribution < -0.4 is 11.1 Å². The molecule has 0 radical (unpaired) electrons. The van der Waals surface area contributed by atoms with E-state index < -0.39 is 10.8 Å². The quantitative estimate of drug-likeness (QED) is 0.786. The predicted molar refractivity (Wildman–Crippen MR) is 64.5 cm³/mol. The molecule has 0 saturated carbocycles. The summed E-state index contributed by atoms with van der Waals surface area (Å²) < 4.78 is 11.0. The maximum absolute atomic E-state index is 11.7. The second kappa shape index (κ2) is 5.60. The third kappa shape index (κ3) is 3.62. The first-order valence-electron chi connectivity index (χ1n) is 4.82. The summed E-state index contributed by atoms with van der Waals surface area (Å²) in [5, 5.41) is 2.72. The first-order valence-corrected chi connectivity index (χ1v) is 6.54. The fourth-order valence-corrected chi connectivity index (χ4v) is 2.09. The number of rotatable bonds is 4. The van der Waals surface area contributed by atoms with Gasteiger partial charge in [-0.1, -0.05) is 0 Å². The van der Waals surface area contributed by atoms with Crippen molar-refractivity contribution in [1.29, 1.82) is 0 Å². The molecule has 1 rings (SSSR count). The number of carbonyl (C=O) groups excluding carboxylic acids is 1. The minimum Gasteiger partial charge on any atom is -0.383 e. The molecule has 0 bridgehead atoms. The number of amides is 1. The zero-order valence-electron chi connectivity index (χ0n) is 9.27. The van der Waals surface area contributed by atoms with Gasteiger partial charge < -0.3 is 11.1 Å². The molecule has 1 aromatic heterocycles. The van der Waals surface area contributed by atoms with E-state index in [1.54, 1.807) is 25.3 Å². The second-order valence-electron chi connectivity index (χ2n) is 3.55. The SMILES string of the molecule is CC(CS(C)=O)NC(=O)c1cccnc1N. The molecule has 2 unspecified atom stereocenters. The highest BCUT2D eigenvalue weighted by molar-refractivity contribution is 7.84. The smallest absolute Gasteiger partial charge is 0.255 e. The van der Waals surface area contributed by atoms with Gasteiger partial charge in [0.2, 0.25) is 0 Å². The highest BCUT2D eigenvalue weighted by Crippen LogP contribution is 2.06. The average Bonchev–Trinajstić information content (AvgIpc) is 2.16. The number of hydrogen-bond donors (Lipinski definition) is 2. The zero-order valence-corrected chi connectivity index (χ0v) is 10.1. The van der Waals surface area contributed by atoms with Crippen molar-refractivity contribution in [2.24, 2.45) is 0 Å². The molecular weight excluding hydrogens is 226 g/mol. The Morgan fingerprint density at radius 2 is 2.38 bits per heavy atom. The van der Waals surface area contributed by atoms with Crippen LogP contribution in [0.1, 0.15) is 17.3 Å². The monoisotopic (exact) mass is 241 g/mol. The average molecular weight is 241 g/mol. The van der Waals surface area contributed by atoms with Gasteiger partial charge in [0.25, 0.3) is 5.91 Å². The Balaban J connectivity index is 2.66. The molecule has 1 aromatic rings. The van der Waals surface area contributed by atoms with Gasteiger partial charge in [-0.15, -0.1) is 0 Å². The van der Waals surface area contributed by atoms with Crippen LogP contribution in [0.4, 0.5) is 5.82 Å². The van der Waals surface area contributed by atoms with Crippen molar-refractivity contribution < 1.29 is 9.00 Å². The number of nitrogens with one attached hydrogen (secondary N) is 1. The summed E-state index contributed by atoms with van der Waals surface area (Å²) in [6.45, 7) is 1.80. The standard InChI is InChI=1S/C10H15N3O2S/c1-7(6-16(2)15)13-10(14)8-4-3-5-12-9(8)11/h3-5,7H,6H2,1-2H3,(H2,11,12)(H,13,14). The van der Waals surface area contributed by atoms with Crippen molar-refractivity contribution in [3.63, 3.8) is 0 Å². The van der Waals surface area contributed by atoms with Gasteiger partial charge in [-0.25, -0.2) is 4.98 Å². The molecule has 0 aliphatic carbocycles. The molecule has 1 heterocycles. The van der Waals surface area contributed by atoms with Gasteiger partial charge in [-0.2, -0.15) is 0 Å². The lowest BCUT2D eigenvalue weighted by molar-refractivity contribution is 0.0944. The van der Waals surface area contributed by atoms with Crippen LogP contribution in [0.25, 0.3) is 0 Å². The Morgan fingerprint density at radius 1 is 1.69 bits per heavy atom. The van der Waals surface area contributed by atoms with Crippen LogP contribution >= 0.6 is 0 Å².